The molecule has 0 aromatic carbocycles. The minimum absolute atomic E-state index is 0.181. The molecule has 0 aliphatic rings. The van der Waals surface area contributed by atoms with Gasteiger partial charge >= 0.3 is 0 Å². The fourth-order valence-electron chi connectivity index (χ4n) is 1.22. The quantitative estimate of drug-likeness (QED) is 0.522. The molecule has 0 saturated carbocycles. The van der Waals surface area contributed by atoms with E-state index in [0.29, 0.717) is 13.0 Å². The van der Waals surface area contributed by atoms with Crippen molar-refractivity contribution in [2.24, 2.45) is 5.73 Å². The maximum Gasteiger partial charge on any atom is 0.160 e. The van der Waals surface area contributed by atoms with Crippen molar-refractivity contribution in [3.05, 3.63) is 23.3 Å². The van der Waals surface area contributed by atoms with E-state index < -0.39 is 0 Å². The van der Waals surface area contributed by atoms with Crippen molar-refractivity contribution < 1.29 is 4.79 Å². The fourth-order valence-corrected chi connectivity index (χ4v) is 1.22. The second-order valence-electron chi connectivity index (χ2n) is 3.04. The van der Waals surface area contributed by atoms with E-state index in [0.717, 1.165) is 17.6 Å². The lowest BCUT2D eigenvalue weighted by Gasteiger charge is -2.05. The molecule has 0 spiro atoms. The minimum atomic E-state index is 0.181. The first kappa shape index (κ1) is 12.1. The van der Waals surface area contributed by atoms with Crippen molar-refractivity contribution in [2.45, 2.75) is 33.6 Å². The Bertz CT molecular complexity index is 226. The number of carbonyl (C=O) groups excluding carboxylic acids is 1. The zero-order valence-electron chi connectivity index (χ0n) is 8.76. The van der Waals surface area contributed by atoms with Crippen molar-refractivity contribution in [2.75, 3.05) is 6.54 Å². The van der Waals surface area contributed by atoms with E-state index in [2.05, 4.69) is 0 Å². The molecule has 2 nitrogen and oxygen atoms in total. The highest BCUT2D eigenvalue weighted by Gasteiger charge is 2.08. The van der Waals surface area contributed by atoms with E-state index in [1.54, 1.807) is 0 Å². The summed E-state index contributed by atoms with van der Waals surface area (Å²) in [5.41, 5.74) is 7.28. The first-order valence-electron chi connectivity index (χ1n) is 4.73. The molecule has 2 N–H and O–H groups in total. The lowest BCUT2D eigenvalue weighted by molar-refractivity contribution is -0.115. The van der Waals surface area contributed by atoms with Crippen LogP contribution in [0.2, 0.25) is 0 Å². The van der Waals surface area contributed by atoms with E-state index in [1.807, 2.05) is 32.9 Å². The predicted molar refractivity (Wildman–Crippen MR) is 56.5 cm³/mol. The summed E-state index contributed by atoms with van der Waals surface area (Å²) in [5.74, 6) is 0.181. The molecular weight excluding hydrogens is 162 g/mol. The Morgan fingerprint density at radius 2 is 2.08 bits per heavy atom. The number of rotatable bonds is 5. The number of hydrogen-bond acceptors (Lipinski definition) is 2. The third-order valence-corrected chi connectivity index (χ3v) is 1.91. The van der Waals surface area contributed by atoms with Crippen molar-refractivity contribution in [1.29, 1.82) is 0 Å². The standard InChI is InChI=1S/C11H19NO/c1-4-6-9(3)10(8-12)11(13)7-5-2/h4,6H,5,7-8,12H2,1-3H3. The molecule has 0 heterocycles. The van der Waals surface area contributed by atoms with Crippen LogP contribution < -0.4 is 5.73 Å². The molecule has 0 rings (SSSR count). The van der Waals surface area contributed by atoms with E-state index >= 15 is 0 Å². The first-order valence-corrected chi connectivity index (χ1v) is 4.73. The highest BCUT2D eigenvalue weighted by Crippen LogP contribution is 2.08. The molecule has 0 radical (unpaired) electrons. The Hall–Kier alpha value is -0.890. The van der Waals surface area contributed by atoms with Crippen LogP contribution in [0.4, 0.5) is 0 Å². The van der Waals surface area contributed by atoms with E-state index in [4.69, 9.17) is 5.73 Å². The number of Topliss-reactive ketones (excluding diaryl/α,β-unsaturated/α-hetero) is 1. The van der Waals surface area contributed by atoms with Gasteiger partial charge in [0.05, 0.1) is 0 Å². The molecule has 0 atom stereocenters. The zero-order chi connectivity index (χ0) is 10.3. The molecule has 0 amide bonds. The van der Waals surface area contributed by atoms with Gasteiger partial charge in [0, 0.05) is 18.5 Å². The van der Waals surface area contributed by atoms with Gasteiger partial charge in [0.15, 0.2) is 5.78 Å². The molecule has 0 aromatic heterocycles. The van der Waals surface area contributed by atoms with Gasteiger partial charge in [-0.05, 0) is 25.8 Å². The van der Waals surface area contributed by atoms with Gasteiger partial charge in [-0.15, -0.1) is 0 Å². The lowest BCUT2D eigenvalue weighted by Crippen LogP contribution is -2.14. The van der Waals surface area contributed by atoms with Crippen molar-refractivity contribution in [3.8, 4) is 0 Å². The monoisotopic (exact) mass is 181 g/mol. The van der Waals surface area contributed by atoms with Crippen LogP contribution in [0.25, 0.3) is 0 Å². The highest BCUT2D eigenvalue weighted by molar-refractivity contribution is 5.96. The number of nitrogens with two attached hydrogens (primary N) is 1. The SMILES string of the molecule is CC=CC(C)=C(CN)C(=O)CCC. The Morgan fingerprint density at radius 1 is 1.46 bits per heavy atom. The van der Waals surface area contributed by atoms with Crippen LogP contribution in [0, 0.1) is 0 Å². The second-order valence-corrected chi connectivity index (χ2v) is 3.04. The van der Waals surface area contributed by atoms with E-state index in [-0.39, 0.29) is 5.78 Å². The summed E-state index contributed by atoms with van der Waals surface area (Å²) >= 11 is 0. The van der Waals surface area contributed by atoms with Crippen LogP contribution in [-0.2, 0) is 4.79 Å². The van der Waals surface area contributed by atoms with Gasteiger partial charge in [0.2, 0.25) is 0 Å². The van der Waals surface area contributed by atoms with Gasteiger partial charge in [-0.3, -0.25) is 4.79 Å². The molecule has 0 aliphatic carbocycles. The van der Waals surface area contributed by atoms with Gasteiger partial charge in [0.1, 0.15) is 0 Å². The average Bonchev–Trinajstić information content (AvgIpc) is 2.06. The van der Waals surface area contributed by atoms with Crippen molar-refractivity contribution in [1.82, 2.24) is 0 Å². The Morgan fingerprint density at radius 3 is 2.46 bits per heavy atom. The highest BCUT2D eigenvalue weighted by atomic mass is 16.1. The smallest absolute Gasteiger partial charge is 0.160 e. The normalized spacial score (nSPS) is 13.2. The van der Waals surface area contributed by atoms with Crippen LogP contribution in [0.15, 0.2) is 23.3 Å². The van der Waals surface area contributed by atoms with Gasteiger partial charge in [-0.25, -0.2) is 0 Å². The summed E-state index contributed by atoms with van der Waals surface area (Å²) in [4.78, 5) is 11.5. The topological polar surface area (TPSA) is 43.1 Å². The third-order valence-electron chi connectivity index (χ3n) is 1.91. The van der Waals surface area contributed by atoms with Crippen LogP contribution in [0.5, 0.6) is 0 Å². The second kappa shape index (κ2) is 6.61. The summed E-state index contributed by atoms with van der Waals surface area (Å²) < 4.78 is 0. The number of allylic oxidation sites excluding steroid dienone is 3. The number of ketones is 1. The minimum Gasteiger partial charge on any atom is -0.326 e. The summed E-state index contributed by atoms with van der Waals surface area (Å²) in [6.07, 6.45) is 5.33. The molecule has 0 saturated heterocycles. The van der Waals surface area contributed by atoms with E-state index in [9.17, 15) is 4.79 Å². The average molecular weight is 181 g/mol. The molecule has 0 aliphatic heterocycles. The van der Waals surface area contributed by atoms with Crippen molar-refractivity contribution in [3.63, 3.8) is 0 Å². The number of carbonyl (C=O) groups is 1. The maximum absolute atomic E-state index is 11.5. The molecule has 0 unspecified atom stereocenters. The molecule has 13 heavy (non-hydrogen) atoms. The Kier molecular flexibility index (Phi) is 6.15. The van der Waals surface area contributed by atoms with E-state index in [1.165, 1.54) is 0 Å². The molecule has 2 heteroatoms. The molecule has 0 fully saturated rings. The Labute approximate surface area is 80.5 Å². The third kappa shape index (κ3) is 4.04. The molecule has 0 bridgehead atoms. The molecule has 74 valence electrons. The zero-order valence-corrected chi connectivity index (χ0v) is 8.76. The van der Waals surface area contributed by atoms with Gasteiger partial charge < -0.3 is 5.73 Å². The Balaban J connectivity index is 4.65. The summed E-state index contributed by atoms with van der Waals surface area (Å²) in [6, 6.07) is 0. The summed E-state index contributed by atoms with van der Waals surface area (Å²) in [7, 11) is 0. The van der Waals surface area contributed by atoms with Crippen molar-refractivity contribution >= 4 is 5.78 Å². The first-order chi connectivity index (χ1) is 6.17. The van der Waals surface area contributed by atoms with Crippen LogP contribution in [-0.4, -0.2) is 12.3 Å². The fraction of sp³-hybridized carbons (Fsp3) is 0.545. The number of hydrogen-bond donors (Lipinski definition) is 1. The largest absolute Gasteiger partial charge is 0.326 e. The predicted octanol–water partition coefficient (Wildman–Crippen LogP) is 2.21. The lowest BCUT2D eigenvalue weighted by atomic mass is 10.0. The van der Waals surface area contributed by atoms with Gasteiger partial charge in [-0.1, -0.05) is 19.1 Å². The van der Waals surface area contributed by atoms with Gasteiger partial charge in [-0.2, -0.15) is 0 Å². The maximum atomic E-state index is 11.5. The molecular formula is C11H19NO. The summed E-state index contributed by atoms with van der Waals surface area (Å²) in [6.45, 7) is 6.20. The van der Waals surface area contributed by atoms with Crippen LogP contribution in [0.1, 0.15) is 33.6 Å². The van der Waals surface area contributed by atoms with Gasteiger partial charge in [0.25, 0.3) is 0 Å². The van der Waals surface area contributed by atoms with Crippen LogP contribution in [0.3, 0.4) is 0 Å². The van der Waals surface area contributed by atoms with Crippen LogP contribution >= 0.6 is 0 Å². The summed E-state index contributed by atoms with van der Waals surface area (Å²) in [5, 5.41) is 0. The molecule has 0 aromatic rings.